The van der Waals surface area contributed by atoms with Crippen molar-refractivity contribution in [1.82, 2.24) is 0 Å². The van der Waals surface area contributed by atoms with Crippen LogP contribution in [0, 0.1) is 28.6 Å². The Hall–Kier alpha value is -3.12. The Morgan fingerprint density at radius 2 is 1.68 bits per heavy atom. The van der Waals surface area contributed by atoms with Gasteiger partial charge in [0.25, 0.3) is 0 Å². The average Bonchev–Trinajstić information content (AvgIpc) is 2.80. The van der Waals surface area contributed by atoms with E-state index in [0.29, 0.717) is 29.9 Å². The Bertz CT molecular complexity index is 1220. The van der Waals surface area contributed by atoms with E-state index in [1.165, 1.54) is 18.2 Å². The largest absolute Gasteiger partial charge is 0.218 e. The number of sulfone groups is 1. The molecule has 2 aromatic rings. The molecule has 6 heteroatoms. The first kappa shape index (κ1) is 22.6. The van der Waals surface area contributed by atoms with Crippen LogP contribution in [0.25, 0.3) is 0 Å². The average molecular weight is 449 g/mol. The van der Waals surface area contributed by atoms with Crippen LogP contribution in [0.2, 0.25) is 0 Å². The molecule has 0 fully saturated rings. The summed E-state index contributed by atoms with van der Waals surface area (Å²) in [5, 5.41) is 19.6. The summed E-state index contributed by atoms with van der Waals surface area (Å²) in [6.45, 7) is 0. The summed E-state index contributed by atoms with van der Waals surface area (Å²) >= 11 is 6.60. The summed E-state index contributed by atoms with van der Waals surface area (Å²) in [6, 6.07) is 21.7. The minimum atomic E-state index is -3.92. The van der Waals surface area contributed by atoms with E-state index >= 15 is 0 Å². The van der Waals surface area contributed by atoms with Gasteiger partial charge in [0.2, 0.25) is 9.84 Å². The minimum Gasteiger partial charge on any atom is -0.218 e. The number of halogens is 1. The highest BCUT2D eigenvalue weighted by molar-refractivity contribution is 7.95. The van der Waals surface area contributed by atoms with Gasteiger partial charge in [-0.15, -0.1) is 0 Å². The molecule has 1 atom stereocenters. The molecular formula is C25H21ClN2O2S. The van der Waals surface area contributed by atoms with E-state index in [1.807, 2.05) is 42.5 Å². The fraction of sp³-hybridized carbons (Fsp3) is 0.200. The molecule has 0 saturated heterocycles. The summed E-state index contributed by atoms with van der Waals surface area (Å²) in [5.41, 5.74) is 2.48. The standard InChI is InChI=1S/C25H21ClN2O2S/c26-25-21(15-20(17-27)14-19-8-3-1-4-9-19)10-7-11-22(25)16-24(18-28)31(29,30)23-12-5-2-6-13-23/h1-6,8-9,12-13,15-16,20H,7,10-11,14H2/b21-15?,24-16+. The van der Waals surface area contributed by atoms with Crippen molar-refractivity contribution in [3.63, 3.8) is 0 Å². The second-order valence-corrected chi connectivity index (χ2v) is 9.54. The molecule has 0 saturated carbocycles. The normalized spacial score (nSPS) is 17.1. The Kier molecular flexibility index (Phi) is 7.47. The first-order valence-corrected chi connectivity index (χ1v) is 11.8. The van der Waals surface area contributed by atoms with Crippen LogP contribution in [0.1, 0.15) is 24.8 Å². The van der Waals surface area contributed by atoms with Gasteiger partial charge >= 0.3 is 0 Å². The summed E-state index contributed by atoms with van der Waals surface area (Å²) < 4.78 is 25.7. The van der Waals surface area contributed by atoms with Gasteiger partial charge in [-0.1, -0.05) is 66.2 Å². The van der Waals surface area contributed by atoms with Gasteiger partial charge in [0.15, 0.2) is 0 Å². The molecule has 0 aromatic heterocycles. The molecule has 0 radical (unpaired) electrons. The minimum absolute atomic E-state index is 0.0681. The van der Waals surface area contributed by atoms with Crippen molar-refractivity contribution in [3.05, 3.63) is 99.5 Å². The number of benzene rings is 2. The molecule has 0 bridgehead atoms. The highest BCUT2D eigenvalue weighted by Crippen LogP contribution is 2.35. The maximum Gasteiger partial charge on any atom is 0.216 e. The summed E-state index contributed by atoms with van der Waals surface area (Å²) in [7, 11) is -3.92. The zero-order chi connectivity index (χ0) is 22.3. The predicted molar refractivity (Wildman–Crippen MR) is 121 cm³/mol. The predicted octanol–water partition coefficient (Wildman–Crippen LogP) is 5.85. The van der Waals surface area contributed by atoms with E-state index in [1.54, 1.807) is 18.2 Å². The molecular weight excluding hydrogens is 428 g/mol. The van der Waals surface area contributed by atoms with Gasteiger partial charge in [-0.25, -0.2) is 8.42 Å². The number of allylic oxidation sites excluding steroid dienone is 6. The molecule has 0 spiro atoms. The van der Waals surface area contributed by atoms with E-state index in [4.69, 9.17) is 11.6 Å². The second kappa shape index (κ2) is 10.3. The van der Waals surface area contributed by atoms with Crippen LogP contribution in [0.5, 0.6) is 0 Å². The van der Waals surface area contributed by atoms with E-state index in [2.05, 4.69) is 6.07 Å². The highest BCUT2D eigenvalue weighted by atomic mass is 35.5. The summed E-state index contributed by atoms with van der Waals surface area (Å²) in [4.78, 5) is -0.271. The lowest BCUT2D eigenvalue weighted by Crippen LogP contribution is -2.07. The van der Waals surface area contributed by atoms with E-state index < -0.39 is 9.84 Å². The lowest BCUT2D eigenvalue weighted by atomic mass is 9.90. The van der Waals surface area contributed by atoms with Crippen LogP contribution in [0.3, 0.4) is 0 Å². The van der Waals surface area contributed by atoms with Gasteiger partial charge in [0, 0.05) is 5.03 Å². The highest BCUT2D eigenvalue weighted by Gasteiger charge is 2.23. The molecule has 0 N–H and O–H groups in total. The fourth-order valence-electron chi connectivity index (χ4n) is 3.49. The molecule has 156 valence electrons. The van der Waals surface area contributed by atoms with Crippen LogP contribution < -0.4 is 0 Å². The molecule has 1 aliphatic rings. The number of hydrogen-bond acceptors (Lipinski definition) is 4. The fourth-order valence-corrected chi connectivity index (χ4v) is 4.99. The smallest absolute Gasteiger partial charge is 0.216 e. The van der Waals surface area contributed by atoms with Gasteiger partial charge in [0.1, 0.15) is 11.0 Å². The lowest BCUT2D eigenvalue weighted by molar-refractivity contribution is 0.603. The molecule has 2 aromatic carbocycles. The second-order valence-electron chi connectivity index (χ2n) is 7.25. The van der Waals surface area contributed by atoms with Crippen LogP contribution in [0.4, 0.5) is 0 Å². The van der Waals surface area contributed by atoms with Crippen molar-refractivity contribution in [2.75, 3.05) is 0 Å². The molecule has 1 unspecified atom stereocenters. The van der Waals surface area contributed by atoms with Crippen molar-refractivity contribution in [3.8, 4) is 12.1 Å². The van der Waals surface area contributed by atoms with Gasteiger partial charge < -0.3 is 0 Å². The quantitative estimate of drug-likeness (QED) is 0.518. The van der Waals surface area contributed by atoms with Crippen molar-refractivity contribution >= 4 is 21.4 Å². The Morgan fingerprint density at radius 1 is 1.03 bits per heavy atom. The third-order valence-electron chi connectivity index (χ3n) is 5.08. The van der Waals surface area contributed by atoms with Crippen molar-refractivity contribution < 1.29 is 8.42 Å². The molecule has 3 rings (SSSR count). The Morgan fingerprint density at radius 3 is 2.29 bits per heavy atom. The Labute approximate surface area is 188 Å². The van der Waals surface area contributed by atoms with Crippen molar-refractivity contribution in [1.29, 1.82) is 10.5 Å². The SMILES string of the molecule is N#C/C(=C\C1=C(Cl)C(=CC(C#N)Cc2ccccc2)CCC1)S(=O)(=O)c1ccccc1. The molecule has 4 nitrogen and oxygen atoms in total. The number of hydrogen-bond donors (Lipinski definition) is 0. The van der Waals surface area contributed by atoms with Crippen LogP contribution in [-0.2, 0) is 16.3 Å². The zero-order valence-electron chi connectivity index (χ0n) is 16.8. The maximum absolute atomic E-state index is 12.8. The molecule has 0 amide bonds. The molecule has 0 aliphatic heterocycles. The van der Waals surface area contributed by atoms with Crippen LogP contribution in [0.15, 0.2) is 98.8 Å². The molecule has 1 aliphatic carbocycles. The third-order valence-corrected chi connectivity index (χ3v) is 7.25. The monoisotopic (exact) mass is 448 g/mol. The topological polar surface area (TPSA) is 81.7 Å². The van der Waals surface area contributed by atoms with Crippen molar-refractivity contribution in [2.45, 2.75) is 30.6 Å². The molecule has 0 heterocycles. The summed E-state index contributed by atoms with van der Waals surface area (Å²) in [6.07, 6.45) is 5.85. The van der Waals surface area contributed by atoms with Gasteiger partial charge in [0.05, 0.1) is 16.9 Å². The molecule has 31 heavy (non-hydrogen) atoms. The van der Waals surface area contributed by atoms with E-state index in [9.17, 15) is 18.9 Å². The number of nitrogens with zero attached hydrogens (tertiary/aromatic N) is 2. The van der Waals surface area contributed by atoms with Gasteiger partial charge in [-0.3, -0.25) is 0 Å². The number of rotatable bonds is 6. The van der Waals surface area contributed by atoms with Gasteiger partial charge in [-0.2, -0.15) is 10.5 Å². The number of nitriles is 2. The van der Waals surface area contributed by atoms with Crippen molar-refractivity contribution in [2.24, 2.45) is 5.92 Å². The van der Waals surface area contributed by atoms with E-state index in [-0.39, 0.29) is 15.7 Å². The first-order chi connectivity index (χ1) is 15.0. The third kappa shape index (κ3) is 5.52. The lowest BCUT2D eigenvalue weighted by Gasteiger charge is -2.18. The first-order valence-electron chi connectivity index (χ1n) is 9.91. The van der Waals surface area contributed by atoms with Crippen LogP contribution >= 0.6 is 11.6 Å². The summed E-state index contributed by atoms with van der Waals surface area (Å²) in [5.74, 6) is -0.349. The van der Waals surface area contributed by atoms with Gasteiger partial charge in [-0.05, 0) is 60.6 Å². The Balaban J connectivity index is 1.94. The van der Waals surface area contributed by atoms with Crippen LogP contribution in [-0.4, -0.2) is 8.42 Å². The van der Waals surface area contributed by atoms with E-state index in [0.717, 1.165) is 17.6 Å². The zero-order valence-corrected chi connectivity index (χ0v) is 18.4. The maximum atomic E-state index is 12.8.